The summed E-state index contributed by atoms with van der Waals surface area (Å²) in [6.45, 7) is 4.41. The van der Waals surface area contributed by atoms with Crippen LogP contribution in [0.5, 0.6) is 0 Å². The fraction of sp³-hybridized carbons (Fsp3) is 0.417. The highest BCUT2D eigenvalue weighted by Gasteiger charge is 2.10. The predicted octanol–water partition coefficient (Wildman–Crippen LogP) is 1.32. The lowest BCUT2D eigenvalue weighted by molar-refractivity contribution is 0.0945. The number of nitrogens with one attached hydrogen (secondary N) is 3. The molecule has 0 saturated heterocycles. The summed E-state index contributed by atoms with van der Waals surface area (Å²) in [6.07, 6.45) is 1.93. The summed E-state index contributed by atoms with van der Waals surface area (Å²) in [5.74, 6) is -0.186. The first-order valence-electron chi connectivity index (χ1n) is 6.02. The summed E-state index contributed by atoms with van der Waals surface area (Å²) in [5, 5.41) is 16.5. The highest BCUT2D eigenvalue weighted by molar-refractivity contribution is 5.92. The van der Waals surface area contributed by atoms with E-state index in [1.165, 1.54) is 0 Å². The van der Waals surface area contributed by atoms with Gasteiger partial charge in [0.05, 0.1) is 12.2 Å². The van der Waals surface area contributed by atoms with Gasteiger partial charge in [0.2, 0.25) is 0 Å². The molecule has 0 saturated carbocycles. The molecule has 0 aliphatic rings. The Morgan fingerprint density at radius 2 is 2.17 bits per heavy atom. The van der Waals surface area contributed by atoms with Crippen LogP contribution < -0.4 is 5.32 Å². The second kappa shape index (κ2) is 5.48. The Morgan fingerprint density at radius 3 is 2.83 bits per heavy atom. The normalized spacial score (nSPS) is 10.6. The van der Waals surface area contributed by atoms with Crippen molar-refractivity contribution in [2.45, 2.75) is 33.2 Å². The molecule has 0 atom stereocenters. The van der Waals surface area contributed by atoms with Crippen molar-refractivity contribution < 1.29 is 4.79 Å². The lowest BCUT2D eigenvalue weighted by Gasteiger charge is -1.98. The summed E-state index contributed by atoms with van der Waals surface area (Å²) >= 11 is 0. The van der Waals surface area contributed by atoms with Gasteiger partial charge in [-0.1, -0.05) is 13.3 Å². The van der Waals surface area contributed by atoms with Crippen molar-refractivity contribution in [1.82, 2.24) is 25.7 Å². The van der Waals surface area contributed by atoms with Crippen LogP contribution in [0.3, 0.4) is 0 Å². The topological polar surface area (TPSA) is 86.5 Å². The quantitative estimate of drug-likeness (QED) is 0.744. The third-order valence-electron chi connectivity index (χ3n) is 2.57. The molecule has 6 heteroatoms. The second-order valence-electron chi connectivity index (χ2n) is 4.25. The molecular formula is C12H17N5O. The van der Waals surface area contributed by atoms with E-state index in [9.17, 15) is 4.79 Å². The number of rotatable bonds is 5. The van der Waals surface area contributed by atoms with Gasteiger partial charge in [0, 0.05) is 11.4 Å². The van der Waals surface area contributed by atoms with Gasteiger partial charge in [0.15, 0.2) is 0 Å². The minimum absolute atomic E-state index is 0.186. The molecule has 0 aliphatic carbocycles. The molecule has 3 N–H and O–H groups in total. The number of hydrogen-bond donors (Lipinski definition) is 3. The average molecular weight is 247 g/mol. The Balaban J connectivity index is 1.90. The van der Waals surface area contributed by atoms with E-state index in [-0.39, 0.29) is 5.91 Å². The summed E-state index contributed by atoms with van der Waals surface area (Å²) < 4.78 is 0. The van der Waals surface area contributed by atoms with Crippen LogP contribution in [0.15, 0.2) is 12.1 Å². The van der Waals surface area contributed by atoms with Crippen LogP contribution in [0, 0.1) is 6.92 Å². The fourth-order valence-corrected chi connectivity index (χ4v) is 1.70. The lowest BCUT2D eigenvalue weighted by Crippen LogP contribution is -2.23. The number of amides is 1. The van der Waals surface area contributed by atoms with Crippen molar-refractivity contribution in [1.29, 1.82) is 0 Å². The molecule has 96 valence electrons. The van der Waals surface area contributed by atoms with Crippen molar-refractivity contribution in [3.63, 3.8) is 0 Å². The first-order valence-corrected chi connectivity index (χ1v) is 6.02. The molecule has 18 heavy (non-hydrogen) atoms. The number of aromatic amines is 2. The molecule has 0 fully saturated rings. The van der Waals surface area contributed by atoms with Gasteiger partial charge in [-0.05, 0) is 25.5 Å². The van der Waals surface area contributed by atoms with E-state index >= 15 is 0 Å². The molecule has 0 unspecified atom stereocenters. The van der Waals surface area contributed by atoms with Gasteiger partial charge >= 0.3 is 0 Å². The van der Waals surface area contributed by atoms with Gasteiger partial charge in [0.25, 0.3) is 5.91 Å². The van der Waals surface area contributed by atoms with Gasteiger partial charge in [0.1, 0.15) is 5.69 Å². The van der Waals surface area contributed by atoms with Crippen LogP contribution >= 0.6 is 0 Å². The molecule has 0 spiro atoms. The molecule has 0 bridgehead atoms. The summed E-state index contributed by atoms with van der Waals surface area (Å²) in [5.41, 5.74) is 3.19. The van der Waals surface area contributed by atoms with Crippen molar-refractivity contribution >= 4 is 5.91 Å². The third kappa shape index (κ3) is 2.97. The fourth-order valence-electron chi connectivity index (χ4n) is 1.70. The zero-order valence-corrected chi connectivity index (χ0v) is 10.6. The van der Waals surface area contributed by atoms with Crippen molar-refractivity contribution in [2.24, 2.45) is 0 Å². The van der Waals surface area contributed by atoms with Gasteiger partial charge in [-0.2, -0.15) is 10.2 Å². The average Bonchev–Trinajstić information content (AvgIpc) is 2.96. The minimum Gasteiger partial charge on any atom is -0.345 e. The van der Waals surface area contributed by atoms with E-state index in [2.05, 4.69) is 32.6 Å². The maximum atomic E-state index is 11.8. The van der Waals surface area contributed by atoms with Gasteiger partial charge < -0.3 is 5.32 Å². The van der Waals surface area contributed by atoms with Crippen LogP contribution in [0.2, 0.25) is 0 Å². The van der Waals surface area contributed by atoms with Gasteiger partial charge in [-0.3, -0.25) is 15.0 Å². The highest BCUT2D eigenvalue weighted by atomic mass is 16.1. The Kier molecular flexibility index (Phi) is 3.76. The molecule has 2 aromatic rings. The van der Waals surface area contributed by atoms with E-state index in [1.54, 1.807) is 6.07 Å². The SMILES string of the molecule is CCCc1cc(C(=O)NCc2cc(C)[nH]n2)n[nH]1. The maximum Gasteiger partial charge on any atom is 0.272 e. The number of aryl methyl sites for hydroxylation is 2. The number of carbonyl (C=O) groups excluding carboxylic acids is 1. The standard InChI is InChI=1S/C12H17N5O/c1-3-4-9-6-11(17-15-9)12(18)13-7-10-5-8(2)14-16-10/h5-6H,3-4,7H2,1-2H3,(H,13,18)(H,14,16)(H,15,17). The Labute approximate surface area is 105 Å². The molecule has 2 aromatic heterocycles. The van der Waals surface area contributed by atoms with E-state index in [0.717, 1.165) is 29.9 Å². The number of H-pyrrole nitrogens is 2. The monoisotopic (exact) mass is 247 g/mol. The predicted molar refractivity (Wildman–Crippen MR) is 67.1 cm³/mol. The van der Waals surface area contributed by atoms with E-state index in [1.807, 2.05) is 13.0 Å². The van der Waals surface area contributed by atoms with Crippen molar-refractivity contribution in [2.75, 3.05) is 0 Å². The Bertz CT molecular complexity index is 528. The lowest BCUT2D eigenvalue weighted by atomic mass is 10.2. The van der Waals surface area contributed by atoms with E-state index in [4.69, 9.17) is 0 Å². The number of hydrogen-bond acceptors (Lipinski definition) is 3. The van der Waals surface area contributed by atoms with E-state index in [0.29, 0.717) is 12.2 Å². The van der Waals surface area contributed by atoms with Crippen LogP contribution in [0.4, 0.5) is 0 Å². The summed E-state index contributed by atoms with van der Waals surface area (Å²) in [4.78, 5) is 11.8. The Hall–Kier alpha value is -2.11. The summed E-state index contributed by atoms with van der Waals surface area (Å²) in [6, 6.07) is 3.68. The highest BCUT2D eigenvalue weighted by Crippen LogP contribution is 2.03. The first-order chi connectivity index (χ1) is 8.69. The molecule has 2 rings (SSSR count). The zero-order chi connectivity index (χ0) is 13.0. The minimum atomic E-state index is -0.186. The van der Waals surface area contributed by atoms with Crippen LogP contribution in [-0.2, 0) is 13.0 Å². The number of nitrogens with zero attached hydrogens (tertiary/aromatic N) is 2. The number of carbonyl (C=O) groups is 1. The first kappa shape index (κ1) is 12.3. The largest absolute Gasteiger partial charge is 0.345 e. The van der Waals surface area contributed by atoms with Gasteiger partial charge in [-0.15, -0.1) is 0 Å². The maximum absolute atomic E-state index is 11.8. The van der Waals surface area contributed by atoms with Gasteiger partial charge in [-0.25, -0.2) is 0 Å². The van der Waals surface area contributed by atoms with Crippen LogP contribution in [0.25, 0.3) is 0 Å². The van der Waals surface area contributed by atoms with Crippen molar-refractivity contribution in [3.05, 3.63) is 34.9 Å². The second-order valence-corrected chi connectivity index (χ2v) is 4.25. The third-order valence-corrected chi connectivity index (χ3v) is 2.57. The molecule has 2 heterocycles. The summed E-state index contributed by atoms with van der Waals surface area (Å²) in [7, 11) is 0. The zero-order valence-electron chi connectivity index (χ0n) is 10.6. The number of aromatic nitrogens is 4. The molecule has 6 nitrogen and oxygen atoms in total. The molecule has 0 aliphatic heterocycles. The van der Waals surface area contributed by atoms with Crippen LogP contribution in [0.1, 0.15) is 40.9 Å². The molecule has 0 radical (unpaired) electrons. The molecule has 1 amide bonds. The van der Waals surface area contributed by atoms with Crippen molar-refractivity contribution in [3.8, 4) is 0 Å². The van der Waals surface area contributed by atoms with Crippen LogP contribution in [-0.4, -0.2) is 26.3 Å². The molecular weight excluding hydrogens is 230 g/mol. The molecule has 0 aromatic carbocycles. The smallest absolute Gasteiger partial charge is 0.272 e. The Morgan fingerprint density at radius 1 is 1.33 bits per heavy atom. The van der Waals surface area contributed by atoms with E-state index < -0.39 is 0 Å².